The van der Waals surface area contributed by atoms with Crippen molar-refractivity contribution in [2.75, 3.05) is 0 Å². The Hall–Kier alpha value is -2.18. The second-order valence-electron chi connectivity index (χ2n) is 6.24. The van der Waals surface area contributed by atoms with Gasteiger partial charge in [-0.05, 0) is 60.2 Å². The molecule has 0 radical (unpaired) electrons. The molecule has 0 aliphatic heterocycles. The van der Waals surface area contributed by atoms with E-state index in [1.165, 1.54) is 72.8 Å². The standard InChI is InChI=1S/C18H15O9PS3.H2/c19-29(20,21)16-7-1-13(2-8-16)28(14-3-9-17(10-4-14)30(22,23)24)15-5-11-18(12-6-15)31(25,26)27;/h1-12H,(H,19,20,21)(H,22,23,24)(H,25,26,27);1H. The van der Waals surface area contributed by atoms with Gasteiger partial charge in [0, 0.05) is 1.43 Å². The first-order chi connectivity index (χ1) is 14.3. The number of hydrogen-bond acceptors (Lipinski definition) is 6. The first kappa shape index (κ1) is 23.5. The zero-order valence-electron chi connectivity index (χ0n) is 15.4. The van der Waals surface area contributed by atoms with E-state index in [4.69, 9.17) is 0 Å². The fourth-order valence-corrected chi connectivity index (χ4v) is 6.42. The smallest absolute Gasteiger partial charge is 0.282 e. The Kier molecular flexibility index (Phi) is 6.36. The maximum atomic E-state index is 11.3. The van der Waals surface area contributed by atoms with E-state index in [-0.39, 0.29) is 16.1 Å². The predicted octanol–water partition coefficient (Wildman–Crippen LogP) is 1.43. The van der Waals surface area contributed by atoms with Crippen LogP contribution in [0.1, 0.15) is 1.43 Å². The van der Waals surface area contributed by atoms with Crippen LogP contribution >= 0.6 is 7.92 Å². The summed E-state index contributed by atoms with van der Waals surface area (Å²) in [6.07, 6.45) is 0. The van der Waals surface area contributed by atoms with Gasteiger partial charge < -0.3 is 0 Å². The normalized spacial score (nSPS) is 12.8. The minimum absolute atomic E-state index is 0. The zero-order valence-corrected chi connectivity index (χ0v) is 18.7. The van der Waals surface area contributed by atoms with E-state index in [2.05, 4.69) is 0 Å². The highest BCUT2D eigenvalue weighted by molar-refractivity contribution is 7.86. The summed E-state index contributed by atoms with van der Waals surface area (Å²) in [4.78, 5) is -0.932. The van der Waals surface area contributed by atoms with Crippen LogP contribution in [0.15, 0.2) is 87.5 Å². The lowest BCUT2D eigenvalue weighted by molar-refractivity contribution is 0.481. The minimum atomic E-state index is -4.40. The van der Waals surface area contributed by atoms with E-state index in [0.717, 1.165) is 0 Å². The average Bonchev–Trinajstić information content (AvgIpc) is 2.67. The summed E-state index contributed by atoms with van der Waals surface area (Å²) in [7, 11) is -14.6. The van der Waals surface area contributed by atoms with Crippen molar-refractivity contribution in [3.05, 3.63) is 72.8 Å². The van der Waals surface area contributed by atoms with Gasteiger partial charge >= 0.3 is 0 Å². The lowest BCUT2D eigenvalue weighted by atomic mass is 10.3. The Morgan fingerprint density at radius 2 is 0.645 bits per heavy atom. The molecule has 0 atom stereocenters. The third-order valence-corrected chi connectivity index (χ3v) is 9.23. The van der Waals surface area contributed by atoms with Gasteiger partial charge in [-0.3, -0.25) is 13.7 Å². The Morgan fingerprint density at radius 1 is 0.452 bits per heavy atom. The molecule has 0 saturated heterocycles. The van der Waals surface area contributed by atoms with Crippen LogP contribution in [-0.2, 0) is 30.4 Å². The van der Waals surface area contributed by atoms with E-state index in [9.17, 15) is 38.9 Å². The molecule has 0 aliphatic carbocycles. The van der Waals surface area contributed by atoms with E-state index in [1.54, 1.807) is 0 Å². The van der Waals surface area contributed by atoms with Gasteiger partial charge in [0.25, 0.3) is 30.4 Å². The third-order valence-electron chi connectivity index (χ3n) is 4.18. The number of benzene rings is 3. The molecule has 0 spiro atoms. The molecule has 0 amide bonds. The molecule has 0 fully saturated rings. The van der Waals surface area contributed by atoms with Crippen LogP contribution in [-0.4, -0.2) is 38.9 Å². The molecule has 0 heterocycles. The highest BCUT2D eigenvalue weighted by Crippen LogP contribution is 2.33. The van der Waals surface area contributed by atoms with E-state index >= 15 is 0 Å². The monoisotopic (exact) mass is 504 g/mol. The molecule has 9 nitrogen and oxygen atoms in total. The molecule has 13 heteroatoms. The maximum absolute atomic E-state index is 11.3. The minimum Gasteiger partial charge on any atom is -0.282 e. The number of hydrogen-bond donors (Lipinski definition) is 3. The van der Waals surface area contributed by atoms with Crippen molar-refractivity contribution >= 4 is 54.2 Å². The molecule has 0 aromatic heterocycles. The molecule has 3 rings (SSSR count). The van der Waals surface area contributed by atoms with E-state index in [0.29, 0.717) is 15.9 Å². The molecule has 3 aromatic carbocycles. The highest BCUT2D eigenvalue weighted by Gasteiger charge is 2.20. The van der Waals surface area contributed by atoms with Crippen molar-refractivity contribution < 1.29 is 40.3 Å². The molecule has 3 aromatic rings. The zero-order chi connectivity index (χ0) is 23.0. The average molecular weight is 505 g/mol. The fraction of sp³-hybridized carbons (Fsp3) is 0. The Balaban J connectivity index is 0.00000363. The summed E-state index contributed by atoms with van der Waals surface area (Å²) in [5.74, 6) is 0. The number of rotatable bonds is 6. The summed E-state index contributed by atoms with van der Waals surface area (Å²) in [6.45, 7) is 0. The van der Waals surface area contributed by atoms with E-state index in [1.807, 2.05) is 0 Å². The molecule has 0 saturated carbocycles. The van der Waals surface area contributed by atoms with Gasteiger partial charge in [-0.1, -0.05) is 36.4 Å². The van der Waals surface area contributed by atoms with Crippen LogP contribution in [0, 0.1) is 0 Å². The van der Waals surface area contributed by atoms with Gasteiger partial charge in [-0.2, -0.15) is 25.3 Å². The quantitative estimate of drug-likeness (QED) is 0.333. The Morgan fingerprint density at radius 3 is 0.806 bits per heavy atom. The van der Waals surface area contributed by atoms with Crippen molar-refractivity contribution in [1.29, 1.82) is 0 Å². The van der Waals surface area contributed by atoms with Gasteiger partial charge in [0.1, 0.15) is 0 Å². The SMILES string of the molecule is O=S(=O)(O)c1ccc(P(c2ccc(S(=O)(=O)O)cc2)c2ccc(S(=O)(=O)O)cc2)cc1.[HH]. The van der Waals surface area contributed by atoms with Crippen LogP contribution in [0.2, 0.25) is 0 Å². The molecular weight excluding hydrogens is 487 g/mol. The summed E-state index contributed by atoms with van der Waals surface area (Å²) in [5.41, 5.74) is 0. The molecule has 31 heavy (non-hydrogen) atoms. The van der Waals surface area contributed by atoms with Crippen molar-refractivity contribution in [3.8, 4) is 0 Å². The largest absolute Gasteiger partial charge is 0.294 e. The van der Waals surface area contributed by atoms with Gasteiger partial charge in [-0.25, -0.2) is 0 Å². The van der Waals surface area contributed by atoms with Crippen molar-refractivity contribution in [2.24, 2.45) is 0 Å². The van der Waals surface area contributed by atoms with Crippen LogP contribution in [0.25, 0.3) is 0 Å². The van der Waals surface area contributed by atoms with Gasteiger partial charge in [0.2, 0.25) is 0 Å². The molecule has 0 unspecified atom stereocenters. The summed E-state index contributed by atoms with van der Waals surface area (Å²) in [6, 6.07) is 16.1. The fourth-order valence-electron chi connectivity index (χ4n) is 2.75. The van der Waals surface area contributed by atoms with Crippen LogP contribution in [0.4, 0.5) is 0 Å². The summed E-state index contributed by atoms with van der Waals surface area (Å²) < 4.78 is 95.4. The van der Waals surface area contributed by atoms with Crippen LogP contribution < -0.4 is 15.9 Å². The topological polar surface area (TPSA) is 163 Å². The third kappa shape index (κ3) is 5.55. The maximum Gasteiger partial charge on any atom is 0.294 e. The first-order valence-corrected chi connectivity index (χ1v) is 14.0. The predicted molar refractivity (Wildman–Crippen MR) is 117 cm³/mol. The lowest BCUT2D eigenvalue weighted by Gasteiger charge is -2.20. The first-order valence-electron chi connectivity index (χ1n) is 8.30. The summed E-state index contributed by atoms with van der Waals surface area (Å²) in [5, 5.41) is 1.84. The Bertz CT molecular complexity index is 1240. The lowest BCUT2D eigenvalue weighted by Crippen LogP contribution is -2.21. The van der Waals surface area contributed by atoms with E-state index < -0.39 is 38.3 Å². The van der Waals surface area contributed by atoms with Crippen molar-refractivity contribution in [3.63, 3.8) is 0 Å². The Labute approximate surface area is 181 Å². The second-order valence-corrected chi connectivity index (χ2v) is 12.7. The van der Waals surface area contributed by atoms with Gasteiger partial charge in [0.15, 0.2) is 0 Å². The van der Waals surface area contributed by atoms with Gasteiger partial charge in [-0.15, -0.1) is 0 Å². The molecule has 0 aliphatic rings. The van der Waals surface area contributed by atoms with Crippen LogP contribution in [0.3, 0.4) is 0 Å². The molecule has 166 valence electrons. The van der Waals surface area contributed by atoms with Crippen molar-refractivity contribution in [2.45, 2.75) is 14.7 Å². The van der Waals surface area contributed by atoms with Gasteiger partial charge in [0.05, 0.1) is 14.7 Å². The van der Waals surface area contributed by atoms with Crippen LogP contribution in [0.5, 0.6) is 0 Å². The molecule has 3 N–H and O–H groups in total. The summed E-state index contributed by atoms with van der Waals surface area (Å²) >= 11 is 0. The highest BCUT2D eigenvalue weighted by atomic mass is 32.2. The second kappa shape index (κ2) is 8.40. The molecular formula is C18H17O9PS3. The molecule has 0 bridgehead atoms. The van der Waals surface area contributed by atoms with Crippen molar-refractivity contribution in [1.82, 2.24) is 0 Å².